The van der Waals surface area contributed by atoms with Crippen molar-refractivity contribution in [1.82, 2.24) is 9.78 Å². The van der Waals surface area contributed by atoms with Gasteiger partial charge in [-0.15, -0.1) is 5.10 Å². The van der Waals surface area contributed by atoms with Gasteiger partial charge in [-0.3, -0.25) is 0 Å². The van der Waals surface area contributed by atoms with E-state index < -0.39 is 17.7 Å². The Kier molecular flexibility index (Phi) is 5.87. The predicted molar refractivity (Wildman–Crippen MR) is 95.3 cm³/mol. The summed E-state index contributed by atoms with van der Waals surface area (Å²) >= 11 is 0. The van der Waals surface area contributed by atoms with E-state index in [0.29, 0.717) is 17.9 Å². The van der Waals surface area contributed by atoms with E-state index in [9.17, 15) is 14.3 Å². The summed E-state index contributed by atoms with van der Waals surface area (Å²) in [6.07, 6.45) is -0.972. The molecule has 1 N–H and O–H groups in total. The van der Waals surface area contributed by atoms with Crippen LogP contribution in [0.2, 0.25) is 0 Å². The molecule has 0 aliphatic rings. The molecule has 7 nitrogen and oxygen atoms in total. The highest BCUT2D eigenvalue weighted by Gasteiger charge is 2.14. The van der Waals surface area contributed by atoms with Crippen LogP contribution in [0.15, 0.2) is 57.7 Å². The van der Waals surface area contributed by atoms with Crippen LogP contribution in [-0.4, -0.2) is 34.2 Å². The standard InChI is InChI=1S/C19H19FN2O5/c1-2-25-16-7-9-17(10-8-16)26-12-15(23)11-22-19(24)27-18(21-22)13-3-5-14(20)6-4-13/h3-10,15,23H,2,11-12H2,1H3. The Morgan fingerprint density at radius 1 is 1.11 bits per heavy atom. The van der Waals surface area contributed by atoms with E-state index in [2.05, 4.69) is 5.10 Å². The molecule has 0 fully saturated rings. The molecule has 2 aromatic carbocycles. The molecule has 0 amide bonds. The van der Waals surface area contributed by atoms with Crippen molar-refractivity contribution >= 4 is 0 Å². The lowest BCUT2D eigenvalue weighted by Crippen LogP contribution is -2.29. The molecule has 1 aromatic heterocycles. The minimum atomic E-state index is -0.972. The van der Waals surface area contributed by atoms with Crippen LogP contribution >= 0.6 is 0 Å². The molecule has 8 heteroatoms. The number of aromatic nitrogens is 2. The average Bonchev–Trinajstić information content (AvgIpc) is 3.02. The number of ether oxygens (including phenoxy) is 2. The minimum absolute atomic E-state index is 0.0286. The van der Waals surface area contributed by atoms with Gasteiger partial charge in [-0.05, 0) is 55.5 Å². The molecule has 3 aromatic rings. The normalized spacial score (nSPS) is 12.0. The quantitative estimate of drug-likeness (QED) is 0.652. The van der Waals surface area contributed by atoms with Gasteiger partial charge in [-0.2, -0.15) is 4.68 Å². The van der Waals surface area contributed by atoms with Gasteiger partial charge < -0.3 is 19.0 Å². The molecular weight excluding hydrogens is 355 g/mol. The second-order valence-corrected chi connectivity index (χ2v) is 5.73. The molecule has 27 heavy (non-hydrogen) atoms. The molecule has 142 valence electrons. The first-order chi connectivity index (χ1) is 13.0. The van der Waals surface area contributed by atoms with Gasteiger partial charge in [-0.1, -0.05) is 0 Å². The van der Waals surface area contributed by atoms with Crippen LogP contribution in [0, 0.1) is 5.82 Å². The van der Waals surface area contributed by atoms with E-state index in [4.69, 9.17) is 13.9 Å². The van der Waals surface area contributed by atoms with Gasteiger partial charge in [0.15, 0.2) is 0 Å². The summed E-state index contributed by atoms with van der Waals surface area (Å²) < 4.78 is 29.9. The average molecular weight is 374 g/mol. The van der Waals surface area contributed by atoms with Crippen molar-refractivity contribution in [2.24, 2.45) is 0 Å². The van der Waals surface area contributed by atoms with Gasteiger partial charge in [0.2, 0.25) is 5.89 Å². The van der Waals surface area contributed by atoms with Crippen molar-refractivity contribution in [3.63, 3.8) is 0 Å². The van der Waals surface area contributed by atoms with E-state index in [1.165, 1.54) is 24.3 Å². The third-order valence-electron chi connectivity index (χ3n) is 3.66. The number of halogens is 1. The minimum Gasteiger partial charge on any atom is -0.494 e. The molecular formula is C19H19FN2O5. The Morgan fingerprint density at radius 2 is 1.74 bits per heavy atom. The first-order valence-electron chi connectivity index (χ1n) is 8.42. The zero-order valence-corrected chi connectivity index (χ0v) is 14.7. The maximum Gasteiger partial charge on any atom is 0.437 e. The lowest BCUT2D eigenvalue weighted by molar-refractivity contribution is 0.0875. The number of hydrogen-bond acceptors (Lipinski definition) is 6. The predicted octanol–water partition coefficient (Wildman–Crippen LogP) is 2.48. The summed E-state index contributed by atoms with van der Waals surface area (Å²) in [7, 11) is 0. The van der Waals surface area contributed by atoms with E-state index in [1.54, 1.807) is 24.3 Å². The van der Waals surface area contributed by atoms with Gasteiger partial charge in [0.05, 0.1) is 13.2 Å². The highest BCUT2D eigenvalue weighted by molar-refractivity contribution is 5.51. The second-order valence-electron chi connectivity index (χ2n) is 5.73. The molecule has 0 radical (unpaired) electrons. The van der Waals surface area contributed by atoms with Crippen LogP contribution in [0.3, 0.4) is 0 Å². The van der Waals surface area contributed by atoms with Gasteiger partial charge in [-0.25, -0.2) is 9.18 Å². The van der Waals surface area contributed by atoms with Crippen LogP contribution in [0.1, 0.15) is 6.92 Å². The van der Waals surface area contributed by atoms with Crippen LogP contribution in [0.4, 0.5) is 4.39 Å². The summed E-state index contributed by atoms with van der Waals surface area (Å²) in [6, 6.07) is 12.4. The second kappa shape index (κ2) is 8.50. The van der Waals surface area contributed by atoms with Gasteiger partial charge >= 0.3 is 5.76 Å². The Morgan fingerprint density at radius 3 is 2.37 bits per heavy atom. The molecule has 0 spiro atoms. The molecule has 0 saturated heterocycles. The number of nitrogens with zero attached hydrogens (tertiary/aromatic N) is 2. The van der Waals surface area contributed by atoms with Crippen molar-refractivity contribution in [2.75, 3.05) is 13.2 Å². The third-order valence-corrected chi connectivity index (χ3v) is 3.66. The lowest BCUT2D eigenvalue weighted by atomic mass is 10.2. The summed E-state index contributed by atoms with van der Waals surface area (Å²) in [6.45, 7) is 2.35. The van der Waals surface area contributed by atoms with Gasteiger partial charge in [0.1, 0.15) is 30.0 Å². The fourth-order valence-corrected chi connectivity index (χ4v) is 2.37. The highest BCUT2D eigenvalue weighted by atomic mass is 19.1. The van der Waals surface area contributed by atoms with Crippen LogP contribution in [-0.2, 0) is 6.54 Å². The molecule has 0 aliphatic heterocycles. The first kappa shape index (κ1) is 18.7. The molecule has 1 heterocycles. The van der Waals surface area contributed by atoms with Gasteiger partial charge in [0.25, 0.3) is 0 Å². The van der Waals surface area contributed by atoms with E-state index >= 15 is 0 Å². The summed E-state index contributed by atoms with van der Waals surface area (Å²) in [5.41, 5.74) is 0.465. The lowest BCUT2D eigenvalue weighted by Gasteiger charge is -2.12. The smallest absolute Gasteiger partial charge is 0.437 e. The Balaban J connectivity index is 1.58. The molecule has 1 atom stereocenters. The molecule has 0 saturated carbocycles. The number of aliphatic hydroxyl groups is 1. The maximum absolute atomic E-state index is 13.0. The van der Waals surface area contributed by atoms with Gasteiger partial charge in [0, 0.05) is 5.56 Å². The number of hydrogen-bond donors (Lipinski definition) is 1. The zero-order valence-electron chi connectivity index (χ0n) is 14.7. The fourth-order valence-electron chi connectivity index (χ4n) is 2.37. The first-order valence-corrected chi connectivity index (χ1v) is 8.42. The Bertz CT molecular complexity index is 919. The molecule has 0 bridgehead atoms. The van der Waals surface area contributed by atoms with Crippen molar-refractivity contribution < 1.29 is 23.4 Å². The largest absolute Gasteiger partial charge is 0.494 e. The zero-order chi connectivity index (χ0) is 19.2. The number of aliphatic hydroxyl groups excluding tert-OH is 1. The van der Waals surface area contributed by atoms with Crippen molar-refractivity contribution in [1.29, 1.82) is 0 Å². The van der Waals surface area contributed by atoms with Crippen LogP contribution < -0.4 is 15.2 Å². The van der Waals surface area contributed by atoms with Crippen molar-refractivity contribution in [3.8, 4) is 23.0 Å². The van der Waals surface area contributed by atoms with E-state index in [1.807, 2.05) is 6.92 Å². The molecule has 1 unspecified atom stereocenters. The molecule has 0 aliphatic carbocycles. The third kappa shape index (κ3) is 4.95. The number of rotatable bonds is 8. The molecule has 3 rings (SSSR count). The van der Waals surface area contributed by atoms with Crippen LogP contribution in [0.5, 0.6) is 11.5 Å². The Hall–Kier alpha value is -3.13. The summed E-state index contributed by atoms with van der Waals surface area (Å²) in [4.78, 5) is 11.9. The Labute approximate surface area is 154 Å². The summed E-state index contributed by atoms with van der Waals surface area (Å²) in [5, 5.41) is 14.1. The van der Waals surface area contributed by atoms with E-state index in [0.717, 1.165) is 10.4 Å². The monoisotopic (exact) mass is 374 g/mol. The summed E-state index contributed by atoms with van der Waals surface area (Å²) in [5.74, 6) is 0.237. The SMILES string of the molecule is CCOc1ccc(OCC(O)Cn2nc(-c3ccc(F)cc3)oc2=O)cc1. The maximum atomic E-state index is 13.0. The topological polar surface area (TPSA) is 86.7 Å². The van der Waals surface area contributed by atoms with Crippen molar-refractivity contribution in [3.05, 3.63) is 64.9 Å². The highest BCUT2D eigenvalue weighted by Crippen LogP contribution is 2.18. The fraction of sp³-hybridized carbons (Fsp3) is 0.263. The van der Waals surface area contributed by atoms with E-state index in [-0.39, 0.29) is 19.0 Å². The number of benzene rings is 2. The van der Waals surface area contributed by atoms with Crippen LogP contribution in [0.25, 0.3) is 11.5 Å². The van der Waals surface area contributed by atoms with Crippen molar-refractivity contribution in [2.45, 2.75) is 19.6 Å².